The first-order valence-corrected chi connectivity index (χ1v) is 8.90. The Morgan fingerprint density at radius 3 is 3.00 bits per heavy atom. The van der Waals surface area contributed by atoms with Gasteiger partial charge in [0.1, 0.15) is 5.75 Å². The zero-order valence-corrected chi connectivity index (χ0v) is 14.9. The van der Waals surface area contributed by atoms with Gasteiger partial charge < -0.3 is 14.5 Å². The van der Waals surface area contributed by atoms with E-state index in [1.807, 2.05) is 41.8 Å². The van der Waals surface area contributed by atoms with Crippen LogP contribution in [0.25, 0.3) is 0 Å². The monoisotopic (exact) mass is 356 g/mol. The molecule has 1 aliphatic rings. The largest absolute Gasteiger partial charge is 0.496 e. The van der Waals surface area contributed by atoms with E-state index in [0.29, 0.717) is 24.4 Å². The summed E-state index contributed by atoms with van der Waals surface area (Å²) in [5.41, 5.74) is 1.76. The minimum Gasteiger partial charge on any atom is -0.496 e. The predicted molar refractivity (Wildman–Crippen MR) is 99.4 cm³/mol. The molecule has 0 spiro atoms. The van der Waals surface area contributed by atoms with Crippen LogP contribution < -0.4 is 4.74 Å². The van der Waals surface area contributed by atoms with Gasteiger partial charge in [0.25, 0.3) is 5.91 Å². The summed E-state index contributed by atoms with van der Waals surface area (Å²) in [5.74, 6) is 0.757. The summed E-state index contributed by atoms with van der Waals surface area (Å²) >= 11 is 1.43. The summed E-state index contributed by atoms with van der Waals surface area (Å²) in [6.07, 6.45) is 2.18. The SMILES string of the molecule is C=CCN(C[C@@H]1CC(c2ccccc2OC)=NO1)C(=O)c1cccs1. The van der Waals surface area contributed by atoms with E-state index in [-0.39, 0.29) is 12.0 Å². The fraction of sp³-hybridized carbons (Fsp3) is 0.263. The Morgan fingerprint density at radius 2 is 2.28 bits per heavy atom. The fourth-order valence-electron chi connectivity index (χ4n) is 2.77. The van der Waals surface area contributed by atoms with Crippen molar-refractivity contribution in [2.45, 2.75) is 12.5 Å². The molecule has 25 heavy (non-hydrogen) atoms. The molecule has 0 fully saturated rings. The Labute approximate surface area is 151 Å². The number of nitrogens with zero attached hydrogens (tertiary/aromatic N) is 2. The van der Waals surface area contributed by atoms with E-state index < -0.39 is 0 Å². The first kappa shape index (κ1) is 17.2. The van der Waals surface area contributed by atoms with E-state index in [2.05, 4.69) is 11.7 Å². The zero-order chi connectivity index (χ0) is 17.6. The minimum atomic E-state index is -0.177. The summed E-state index contributed by atoms with van der Waals surface area (Å²) in [6, 6.07) is 11.4. The van der Waals surface area contributed by atoms with Crippen LogP contribution >= 0.6 is 11.3 Å². The number of hydrogen-bond acceptors (Lipinski definition) is 5. The topological polar surface area (TPSA) is 51.1 Å². The van der Waals surface area contributed by atoms with Gasteiger partial charge in [-0.25, -0.2) is 0 Å². The molecule has 130 valence electrons. The second-order valence-corrected chi connectivity index (χ2v) is 6.59. The van der Waals surface area contributed by atoms with Gasteiger partial charge in [0, 0.05) is 18.5 Å². The molecule has 0 aliphatic carbocycles. The van der Waals surface area contributed by atoms with Crippen LogP contribution in [0.3, 0.4) is 0 Å². The van der Waals surface area contributed by atoms with Gasteiger partial charge in [-0.15, -0.1) is 17.9 Å². The normalized spacial score (nSPS) is 16.0. The van der Waals surface area contributed by atoms with E-state index in [0.717, 1.165) is 17.0 Å². The zero-order valence-electron chi connectivity index (χ0n) is 14.1. The van der Waals surface area contributed by atoms with Crippen molar-refractivity contribution in [3.05, 3.63) is 64.9 Å². The smallest absolute Gasteiger partial charge is 0.264 e. The highest BCUT2D eigenvalue weighted by Crippen LogP contribution is 2.25. The van der Waals surface area contributed by atoms with E-state index in [1.165, 1.54) is 11.3 Å². The number of methoxy groups -OCH3 is 1. The van der Waals surface area contributed by atoms with Crippen LogP contribution in [0.1, 0.15) is 21.7 Å². The van der Waals surface area contributed by atoms with E-state index in [4.69, 9.17) is 9.57 Å². The summed E-state index contributed by atoms with van der Waals surface area (Å²) in [5, 5.41) is 6.10. The van der Waals surface area contributed by atoms with Crippen LogP contribution in [-0.4, -0.2) is 42.8 Å². The van der Waals surface area contributed by atoms with Gasteiger partial charge >= 0.3 is 0 Å². The van der Waals surface area contributed by atoms with Gasteiger partial charge in [0.2, 0.25) is 0 Å². The average molecular weight is 356 g/mol. The lowest BCUT2D eigenvalue weighted by molar-refractivity contribution is 0.0452. The molecule has 1 atom stereocenters. The fourth-order valence-corrected chi connectivity index (χ4v) is 3.46. The van der Waals surface area contributed by atoms with Crippen molar-refractivity contribution in [2.75, 3.05) is 20.2 Å². The summed E-state index contributed by atoms with van der Waals surface area (Å²) in [7, 11) is 1.64. The number of thiophene rings is 1. The quantitative estimate of drug-likeness (QED) is 0.713. The molecule has 3 rings (SSSR count). The number of hydrogen-bond donors (Lipinski definition) is 0. The molecule has 1 aromatic heterocycles. The van der Waals surface area contributed by atoms with Gasteiger partial charge in [-0.2, -0.15) is 0 Å². The molecule has 1 aromatic carbocycles. The minimum absolute atomic E-state index is 0.00996. The molecule has 0 N–H and O–H groups in total. The molecular weight excluding hydrogens is 336 g/mol. The highest BCUT2D eigenvalue weighted by Gasteiger charge is 2.28. The third kappa shape index (κ3) is 3.91. The summed E-state index contributed by atoms with van der Waals surface area (Å²) in [6.45, 7) is 4.68. The average Bonchev–Trinajstić information content (AvgIpc) is 3.33. The first-order chi connectivity index (χ1) is 12.2. The van der Waals surface area contributed by atoms with Crippen LogP contribution in [0.5, 0.6) is 5.75 Å². The van der Waals surface area contributed by atoms with Crippen molar-refractivity contribution in [2.24, 2.45) is 5.16 Å². The van der Waals surface area contributed by atoms with Gasteiger partial charge in [-0.05, 0) is 23.6 Å². The molecule has 1 aliphatic heterocycles. The molecule has 2 heterocycles. The molecule has 0 saturated heterocycles. The third-order valence-electron chi connectivity index (χ3n) is 3.94. The lowest BCUT2D eigenvalue weighted by Gasteiger charge is -2.22. The molecule has 2 aromatic rings. The molecular formula is C19H20N2O3S. The predicted octanol–water partition coefficient (Wildman–Crippen LogP) is 3.58. The number of carbonyl (C=O) groups is 1. The third-order valence-corrected chi connectivity index (χ3v) is 4.80. The lowest BCUT2D eigenvalue weighted by atomic mass is 10.0. The van der Waals surface area contributed by atoms with Crippen molar-refractivity contribution in [3.63, 3.8) is 0 Å². The number of rotatable bonds is 7. The van der Waals surface area contributed by atoms with Crippen LogP contribution in [0, 0.1) is 0 Å². The number of oxime groups is 1. The van der Waals surface area contributed by atoms with Crippen molar-refractivity contribution in [1.29, 1.82) is 0 Å². The Kier molecular flexibility index (Phi) is 5.50. The maximum Gasteiger partial charge on any atom is 0.264 e. The number of carbonyl (C=O) groups excluding carboxylic acids is 1. The van der Waals surface area contributed by atoms with Crippen LogP contribution in [-0.2, 0) is 4.84 Å². The molecule has 0 unspecified atom stereocenters. The molecule has 0 radical (unpaired) electrons. The van der Waals surface area contributed by atoms with Crippen molar-refractivity contribution < 1.29 is 14.4 Å². The van der Waals surface area contributed by atoms with Crippen LogP contribution in [0.2, 0.25) is 0 Å². The number of benzene rings is 1. The second kappa shape index (κ2) is 7.98. The Balaban J connectivity index is 1.67. The molecule has 0 bridgehead atoms. The molecule has 0 saturated carbocycles. The maximum absolute atomic E-state index is 12.6. The van der Waals surface area contributed by atoms with Gasteiger partial charge in [0.05, 0.1) is 24.2 Å². The lowest BCUT2D eigenvalue weighted by Crippen LogP contribution is -2.37. The number of ether oxygens (including phenoxy) is 1. The molecule has 5 nitrogen and oxygen atoms in total. The summed E-state index contributed by atoms with van der Waals surface area (Å²) in [4.78, 5) is 20.6. The van der Waals surface area contributed by atoms with Crippen LogP contribution in [0.4, 0.5) is 0 Å². The standard InChI is InChI=1S/C19H20N2O3S/c1-3-10-21(19(22)18-9-6-11-25-18)13-14-12-16(20-24-14)15-7-4-5-8-17(15)23-2/h3-9,11,14H,1,10,12-13H2,2H3/t14-/m0/s1. The Bertz CT molecular complexity index is 771. The van der Waals surface area contributed by atoms with Gasteiger partial charge in [-0.3, -0.25) is 4.79 Å². The number of amides is 1. The van der Waals surface area contributed by atoms with Crippen molar-refractivity contribution in [3.8, 4) is 5.75 Å². The highest BCUT2D eigenvalue weighted by molar-refractivity contribution is 7.12. The maximum atomic E-state index is 12.6. The second-order valence-electron chi connectivity index (χ2n) is 5.65. The number of para-hydroxylation sites is 1. The van der Waals surface area contributed by atoms with Gasteiger partial charge in [0.15, 0.2) is 6.10 Å². The molecule has 6 heteroatoms. The van der Waals surface area contributed by atoms with E-state index in [1.54, 1.807) is 18.1 Å². The van der Waals surface area contributed by atoms with Crippen molar-refractivity contribution >= 4 is 23.0 Å². The van der Waals surface area contributed by atoms with E-state index in [9.17, 15) is 4.79 Å². The Morgan fingerprint density at radius 1 is 1.44 bits per heavy atom. The Hall–Kier alpha value is -2.60. The van der Waals surface area contributed by atoms with Gasteiger partial charge in [-0.1, -0.05) is 29.4 Å². The van der Waals surface area contributed by atoms with Crippen LogP contribution in [0.15, 0.2) is 59.6 Å². The summed E-state index contributed by atoms with van der Waals surface area (Å²) < 4.78 is 5.39. The first-order valence-electron chi connectivity index (χ1n) is 8.02. The highest BCUT2D eigenvalue weighted by atomic mass is 32.1. The molecule has 1 amide bonds. The van der Waals surface area contributed by atoms with Crippen molar-refractivity contribution in [1.82, 2.24) is 4.90 Å². The van der Waals surface area contributed by atoms with E-state index >= 15 is 0 Å².